The summed E-state index contributed by atoms with van der Waals surface area (Å²) in [6, 6.07) is 8.09. The topological polar surface area (TPSA) is 37.8 Å². The number of thiophene rings is 1. The van der Waals surface area contributed by atoms with Crippen LogP contribution in [0.5, 0.6) is 0 Å². The lowest BCUT2D eigenvalue weighted by atomic mass is 10.2. The van der Waals surface area contributed by atoms with Crippen molar-refractivity contribution < 1.29 is 0 Å². The molecule has 102 valence electrons. The Bertz CT molecular complexity index is 778. The Kier molecular flexibility index (Phi) is 3.48. The van der Waals surface area contributed by atoms with Crippen LogP contribution in [-0.2, 0) is 0 Å². The van der Waals surface area contributed by atoms with Crippen LogP contribution < -0.4 is 5.32 Å². The molecule has 0 saturated heterocycles. The van der Waals surface area contributed by atoms with E-state index >= 15 is 0 Å². The summed E-state index contributed by atoms with van der Waals surface area (Å²) < 4.78 is 1.06. The van der Waals surface area contributed by atoms with Gasteiger partial charge in [-0.25, -0.2) is 9.97 Å². The van der Waals surface area contributed by atoms with Crippen LogP contribution in [0.3, 0.4) is 0 Å². The Hall–Kier alpha value is -1.46. The molecule has 0 amide bonds. The Labute approximate surface area is 130 Å². The average Bonchev–Trinajstić information content (AvgIpc) is 2.67. The molecule has 0 atom stereocenters. The van der Waals surface area contributed by atoms with Gasteiger partial charge in [-0.3, -0.25) is 0 Å². The predicted molar refractivity (Wildman–Crippen MR) is 89.1 cm³/mol. The summed E-state index contributed by atoms with van der Waals surface area (Å²) in [6.07, 6.45) is 0. The summed E-state index contributed by atoms with van der Waals surface area (Å²) in [7, 11) is 0. The van der Waals surface area contributed by atoms with E-state index < -0.39 is 0 Å². The molecule has 20 heavy (non-hydrogen) atoms. The minimum atomic E-state index is 0.790. The molecule has 1 N–H and O–H groups in total. The highest BCUT2D eigenvalue weighted by atomic mass is 79.9. The highest BCUT2D eigenvalue weighted by molar-refractivity contribution is 9.10. The van der Waals surface area contributed by atoms with Gasteiger partial charge in [0, 0.05) is 15.0 Å². The third-order valence-electron chi connectivity index (χ3n) is 3.25. The summed E-state index contributed by atoms with van der Waals surface area (Å²) in [5.41, 5.74) is 2.28. The molecule has 0 aliphatic carbocycles. The maximum atomic E-state index is 4.57. The van der Waals surface area contributed by atoms with Crippen LogP contribution >= 0.6 is 27.3 Å². The monoisotopic (exact) mass is 347 g/mol. The molecular weight excluding hydrogens is 334 g/mol. The molecule has 0 bridgehead atoms. The van der Waals surface area contributed by atoms with Crippen LogP contribution in [0.2, 0.25) is 0 Å². The van der Waals surface area contributed by atoms with Crippen molar-refractivity contribution in [1.29, 1.82) is 0 Å². The van der Waals surface area contributed by atoms with E-state index in [9.17, 15) is 0 Å². The van der Waals surface area contributed by atoms with Crippen molar-refractivity contribution in [2.24, 2.45) is 0 Å². The van der Waals surface area contributed by atoms with Gasteiger partial charge in [-0.05, 0) is 50.6 Å². The Balaban J connectivity index is 2.12. The van der Waals surface area contributed by atoms with Crippen molar-refractivity contribution >= 4 is 49.0 Å². The smallest absolute Gasteiger partial charge is 0.143 e. The van der Waals surface area contributed by atoms with Gasteiger partial charge in [0.25, 0.3) is 0 Å². The Morgan fingerprint density at radius 3 is 2.45 bits per heavy atom. The number of aromatic nitrogens is 2. The maximum absolute atomic E-state index is 4.57. The van der Waals surface area contributed by atoms with Crippen LogP contribution in [0, 0.1) is 20.8 Å². The van der Waals surface area contributed by atoms with Crippen molar-refractivity contribution in [3.63, 3.8) is 0 Å². The number of halogens is 1. The predicted octanol–water partition coefficient (Wildman–Crippen LogP) is 5.12. The first-order valence-corrected chi connectivity index (χ1v) is 7.92. The number of fused-ring (bicyclic) bond motifs is 1. The van der Waals surface area contributed by atoms with Crippen molar-refractivity contribution in [3.8, 4) is 0 Å². The number of aryl methyl sites for hydroxylation is 3. The van der Waals surface area contributed by atoms with E-state index in [0.29, 0.717) is 0 Å². The second-order valence-corrected chi connectivity index (χ2v) is 6.83. The normalized spacial score (nSPS) is 11.0. The Morgan fingerprint density at radius 1 is 1.05 bits per heavy atom. The van der Waals surface area contributed by atoms with E-state index in [1.54, 1.807) is 11.3 Å². The van der Waals surface area contributed by atoms with Crippen molar-refractivity contribution in [2.75, 3.05) is 5.32 Å². The lowest BCUT2D eigenvalue weighted by Crippen LogP contribution is -1.98. The number of rotatable bonds is 2. The van der Waals surface area contributed by atoms with Crippen LogP contribution in [0.25, 0.3) is 10.2 Å². The van der Waals surface area contributed by atoms with E-state index in [1.165, 1.54) is 10.4 Å². The van der Waals surface area contributed by atoms with E-state index in [2.05, 4.69) is 45.1 Å². The van der Waals surface area contributed by atoms with Gasteiger partial charge in [0.05, 0.1) is 5.39 Å². The standard InChI is InChI=1S/C15H14BrN3S/c1-8-9(2)20-15-13(8)14(17-10(3)18-15)19-12-6-4-11(16)5-7-12/h4-7H,1-3H3,(H,17,18,19). The number of nitrogens with zero attached hydrogens (tertiary/aromatic N) is 2. The summed E-state index contributed by atoms with van der Waals surface area (Å²) in [5, 5.41) is 4.53. The molecular formula is C15H14BrN3S. The lowest BCUT2D eigenvalue weighted by Gasteiger charge is -2.08. The first-order valence-electron chi connectivity index (χ1n) is 6.31. The van der Waals surface area contributed by atoms with Crippen LogP contribution in [0.15, 0.2) is 28.7 Å². The average molecular weight is 348 g/mol. The molecule has 5 heteroatoms. The number of nitrogens with one attached hydrogen (secondary N) is 1. The van der Waals surface area contributed by atoms with Gasteiger partial charge in [0.15, 0.2) is 0 Å². The zero-order valence-electron chi connectivity index (χ0n) is 11.5. The van der Waals surface area contributed by atoms with E-state index in [-0.39, 0.29) is 0 Å². The van der Waals surface area contributed by atoms with Crippen molar-refractivity contribution in [2.45, 2.75) is 20.8 Å². The zero-order valence-corrected chi connectivity index (χ0v) is 13.9. The number of benzene rings is 1. The lowest BCUT2D eigenvalue weighted by molar-refractivity contribution is 1.10. The molecule has 0 radical (unpaired) electrons. The van der Waals surface area contributed by atoms with Crippen LogP contribution in [-0.4, -0.2) is 9.97 Å². The van der Waals surface area contributed by atoms with Crippen LogP contribution in [0.4, 0.5) is 11.5 Å². The molecule has 0 aliphatic rings. The number of hydrogen-bond acceptors (Lipinski definition) is 4. The third kappa shape index (κ3) is 2.43. The highest BCUT2D eigenvalue weighted by Crippen LogP contribution is 2.34. The van der Waals surface area contributed by atoms with Gasteiger partial charge in [-0.1, -0.05) is 15.9 Å². The summed E-state index contributed by atoms with van der Waals surface area (Å²) >= 11 is 5.17. The van der Waals surface area contributed by atoms with Crippen LogP contribution in [0.1, 0.15) is 16.3 Å². The van der Waals surface area contributed by atoms with E-state index in [0.717, 1.165) is 32.0 Å². The molecule has 3 aromatic rings. The first kappa shape index (κ1) is 13.5. The first-order chi connectivity index (χ1) is 9.54. The second-order valence-electron chi connectivity index (χ2n) is 4.71. The molecule has 2 aromatic heterocycles. The van der Waals surface area contributed by atoms with Gasteiger partial charge in [0.1, 0.15) is 16.5 Å². The fraction of sp³-hybridized carbons (Fsp3) is 0.200. The molecule has 0 saturated carbocycles. The zero-order chi connectivity index (χ0) is 14.3. The molecule has 3 rings (SSSR count). The molecule has 2 heterocycles. The third-order valence-corrected chi connectivity index (χ3v) is 4.88. The largest absolute Gasteiger partial charge is 0.340 e. The van der Waals surface area contributed by atoms with E-state index in [1.807, 2.05) is 31.2 Å². The van der Waals surface area contributed by atoms with Gasteiger partial charge in [0.2, 0.25) is 0 Å². The molecule has 1 aromatic carbocycles. The van der Waals surface area contributed by atoms with Gasteiger partial charge < -0.3 is 5.32 Å². The fourth-order valence-corrected chi connectivity index (χ4v) is 3.46. The molecule has 0 unspecified atom stereocenters. The fourth-order valence-electron chi connectivity index (χ4n) is 2.12. The van der Waals surface area contributed by atoms with Gasteiger partial charge >= 0.3 is 0 Å². The molecule has 0 aliphatic heterocycles. The molecule has 0 spiro atoms. The van der Waals surface area contributed by atoms with Crippen molar-refractivity contribution in [1.82, 2.24) is 9.97 Å². The minimum Gasteiger partial charge on any atom is -0.340 e. The number of anilines is 2. The number of hydrogen-bond donors (Lipinski definition) is 1. The highest BCUT2D eigenvalue weighted by Gasteiger charge is 2.13. The Morgan fingerprint density at radius 2 is 1.75 bits per heavy atom. The van der Waals surface area contributed by atoms with Crippen molar-refractivity contribution in [3.05, 3.63) is 45.0 Å². The summed E-state index contributed by atoms with van der Waals surface area (Å²) in [6.45, 7) is 6.18. The molecule has 3 nitrogen and oxygen atoms in total. The summed E-state index contributed by atoms with van der Waals surface area (Å²) in [4.78, 5) is 11.4. The molecule has 0 fully saturated rings. The minimum absolute atomic E-state index is 0.790. The summed E-state index contributed by atoms with van der Waals surface area (Å²) in [5.74, 6) is 1.68. The quantitative estimate of drug-likeness (QED) is 0.698. The second kappa shape index (κ2) is 5.14. The van der Waals surface area contributed by atoms with Gasteiger partial charge in [-0.15, -0.1) is 11.3 Å². The maximum Gasteiger partial charge on any atom is 0.143 e. The van der Waals surface area contributed by atoms with Gasteiger partial charge in [-0.2, -0.15) is 0 Å². The SMILES string of the molecule is Cc1nc(Nc2ccc(Br)cc2)c2c(C)c(C)sc2n1. The van der Waals surface area contributed by atoms with E-state index in [4.69, 9.17) is 0 Å².